The van der Waals surface area contributed by atoms with Gasteiger partial charge in [-0.15, -0.1) is 24.0 Å². The third-order valence-corrected chi connectivity index (χ3v) is 3.51. The number of benzene rings is 2. The SMILES string of the molecule is CN=C(NCCc1ccccc1OC)NCc1ccccc1F.I. The number of nitrogens with one attached hydrogen (secondary N) is 2. The number of halogens is 2. The predicted octanol–water partition coefficient (Wildman–Crippen LogP) is 3.36. The van der Waals surface area contributed by atoms with Gasteiger partial charge >= 0.3 is 0 Å². The molecule has 6 heteroatoms. The standard InChI is InChI=1S/C18H22FN3O.HI/c1-20-18(22-13-15-8-3-5-9-16(15)19)21-12-11-14-7-4-6-10-17(14)23-2;/h3-10H,11-13H2,1-2H3,(H2,20,21,22);1H. The molecule has 24 heavy (non-hydrogen) atoms. The highest BCUT2D eigenvalue weighted by Gasteiger charge is 2.04. The zero-order chi connectivity index (χ0) is 16.5. The molecule has 2 rings (SSSR count). The topological polar surface area (TPSA) is 45.7 Å². The minimum absolute atomic E-state index is 0. The fourth-order valence-electron chi connectivity index (χ4n) is 2.27. The van der Waals surface area contributed by atoms with E-state index in [0.717, 1.165) is 17.7 Å². The third kappa shape index (κ3) is 5.99. The first-order valence-electron chi connectivity index (χ1n) is 7.54. The van der Waals surface area contributed by atoms with Gasteiger partial charge in [0.2, 0.25) is 0 Å². The molecule has 0 atom stereocenters. The molecule has 0 amide bonds. The van der Waals surface area contributed by atoms with E-state index < -0.39 is 0 Å². The Balaban J connectivity index is 0.00000288. The van der Waals surface area contributed by atoms with E-state index in [-0.39, 0.29) is 29.8 Å². The van der Waals surface area contributed by atoms with Crippen LogP contribution in [0.3, 0.4) is 0 Å². The van der Waals surface area contributed by atoms with Gasteiger partial charge in [0.25, 0.3) is 0 Å². The zero-order valence-electron chi connectivity index (χ0n) is 13.9. The van der Waals surface area contributed by atoms with Crippen LogP contribution in [0.2, 0.25) is 0 Å². The van der Waals surface area contributed by atoms with Crippen molar-refractivity contribution in [2.75, 3.05) is 20.7 Å². The summed E-state index contributed by atoms with van der Waals surface area (Å²) in [5.41, 5.74) is 1.74. The van der Waals surface area contributed by atoms with Crippen LogP contribution in [0.15, 0.2) is 53.5 Å². The molecular formula is C18H23FIN3O. The van der Waals surface area contributed by atoms with Crippen molar-refractivity contribution in [2.45, 2.75) is 13.0 Å². The maximum Gasteiger partial charge on any atom is 0.191 e. The second-order valence-electron chi connectivity index (χ2n) is 5.01. The molecule has 0 bridgehead atoms. The fourth-order valence-corrected chi connectivity index (χ4v) is 2.27. The predicted molar refractivity (Wildman–Crippen MR) is 107 cm³/mol. The first-order valence-corrected chi connectivity index (χ1v) is 7.54. The Morgan fingerprint density at radius 2 is 1.71 bits per heavy atom. The van der Waals surface area contributed by atoms with Gasteiger partial charge < -0.3 is 15.4 Å². The van der Waals surface area contributed by atoms with Crippen LogP contribution in [0.5, 0.6) is 5.75 Å². The van der Waals surface area contributed by atoms with Crippen LogP contribution in [-0.4, -0.2) is 26.7 Å². The smallest absolute Gasteiger partial charge is 0.191 e. The molecule has 0 saturated carbocycles. The number of hydrogen-bond acceptors (Lipinski definition) is 2. The fraction of sp³-hybridized carbons (Fsp3) is 0.278. The normalized spacial score (nSPS) is 10.7. The lowest BCUT2D eigenvalue weighted by Gasteiger charge is -2.13. The molecule has 0 heterocycles. The molecule has 4 nitrogen and oxygen atoms in total. The lowest BCUT2D eigenvalue weighted by Crippen LogP contribution is -2.38. The van der Waals surface area contributed by atoms with Gasteiger partial charge in [-0.2, -0.15) is 0 Å². The summed E-state index contributed by atoms with van der Waals surface area (Å²) in [5, 5.41) is 6.33. The van der Waals surface area contributed by atoms with Crippen LogP contribution >= 0.6 is 24.0 Å². The molecule has 0 aliphatic carbocycles. The Morgan fingerprint density at radius 1 is 1.04 bits per heavy atom. The van der Waals surface area contributed by atoms with E-state index >= 15 is 0 Å². The number of rotatable bonds is 6. The molecule has 2 aromatic rings. The van der Waals surface area contributed by atoms with Gasteiger partial charge in [-0.1, -0.05) is 36.4 Å². The third-order valence-electron chi connectivity index (χ3n) is 3.51. The number of para-hydroxylation sites is 1. The Kier molecular flexibility index (Phi) is 9.14. The summed E-state index contributed by atoms with van der Waals surface area (Å²) in [6, 6.07) is 14.6. The number of ether oxygens (including phenoxy) is 1. The lowest BCUT2D eigenvalue weighted by atomic mass is 10.1. The maximum atomic E-state index is 13.6. The second kappa shape index (κ2) is 10.9. The van der Waals surface area contributed by atoms with Crippen LogP contribution in [0.4, 0.5) is 4.39 Å². The summed E-state index contributed by atoms with van der Waals surface area (Å²) in [4.78, 5) is 4.15. The van der Waals surface area contributed by atoms with Crippen molar-refractivity contribution < 1.29 is 9.13 Å². The average Bonchev–Trinajstić information content (AvgIpc) is 2.59. The van der Waals surface area contributed by atoms with E-state index in [2.05, 4.69) is 15.6 Å². The Bertz CT molecular complexity index is 664. The Labute approximate surface area is 159 Å². The highest BCUT2D eigenvalue weighted by molar-refractivity contribution is 14.0. The molecular weight excluding hydrogens is 420 g/mol. The van der Waals surface area contributed by atoms with Gasteiger partial charge in [0, 0.05) is 25.7 Å². The highest BCUT2D eigenvalue weighted by atomic mass is 127. The van der Waals surface area contributed by atoms with Gasteiger partial charge in [0.05, 0.1) is 7.11 Å². The molecule has 0 aliphatic heterocycles. The minimum Gasteiger partial charge on any atom is -0.496 e. The summed E-state index contributed by atoms with van der Waals surface area (Å²) < 4.78 is 18.9. The summed E-state index contributed by atoms with van der Waals surface area (Å²) in [6.45, 7) is 1.10. The molecule has 130 valence electrons. The quantitative estimate of drug-likeness (QED) is 0.409. The lowest BCUT2D eigenvalue weighted by molar-refractivity contribution is 0.409. The maximum absolute atomic E-state index is 13.6. The van der Waals surface area contributed by atoms with E-state index in [4.69, 9.17) is 4.74 Å². The van der Waals surface area contributed by atoms with Crippen molar-refractivity contribution in [2.24, 2.45) is 4.99 Å². The number of nitrogens with zero attached hydrogens (tertiary/aromatic N) is 1. The summed E-state index contributed by atoms with van der Waals surface area (Å²) in [6.07, 6.45) is 0.810. The summed E-state index contributed by atoms with van der Waals surface area (Å²) >= 11 is 0. The Hall–Kier alpha value is -1.83. The van der Waals surface area contributed by atoms with Crippen LogP contribution in [0.1, 0.15) is 11.1 Å². The largest absolute Gasteiger partial charge is 0.496 e. The number of guanidine groups is 1. The summed E-state index contributed by atoms with van der Waals surface area (Å²) in [7, 11) is 3.36. The van der Waals surface area contributed by atoms with Crippen molar-refractivity contribution >= 4 is 29.9 Å². The Morgan fingerprint density at radius 3 is 2.38 bits per heavy atom. The molecule has 0 aliphatic rings. The van der Waals surface area contributed by atoms with Gasteiger partial charge in [-0.25, -0.2) is 4.39 Å². The monoisotopic (exact) mass is 443 g/mol. The van der Waals surface area contributed by atoms with E-state index in [1.165, 1.54) is 6.07 Å². The molecule has 0 unspecified atom stereocenters. The van der Waals surface area contributed by atoms with Gasteiger partial charge in [-0.05, 0) is 24.1 Å². The first-order chi connectivity index (χ1) is 11.2. The second-order valence-corrected chi connectivity index (χ2v) is 5.01. The van der Waals surface area contributed by atoms with Crippen LogP contribution in [0, 0.1) is 5.82 Å². The highest BCUT2D eigenvalue weighted by Crippen LogP contribution is 2.17. The van der Waals surface area contributed by atoms with Crippen LogP contribution in [-0.2, 0) is 13.0 Å². The van der Waals surface area contributed by atoms with Crippen LogP contribution in [0.25, 0.3) is 0 Å². The molecule has 0 spiro atoms. The van der Waals surface area contributed by atoms with E-state index in [1.807, 2.05) is 30.3 Å². The molecule has 0 radical (unpaired) electrons. The van der Waals surface area contributed by atoms with Crippen molar-refractivity contribution in [3.63, 3.8) is 0 Å². The molecule has 0 saturated heterocycles. The number of methoxy groups -OCH3 is 1. The molecule has 0 fully saturated rings. The van der Waals surface area contributed by atoms with E-state index in [0.29, 0.717) is 24.6 Å². The van der Waals surface area contributed by atoms with Crippen molar-refractivity contribution in [3.05, 3.63) is 65.5 Å². The van der Waals surface area contributed by atoms with E-state index in [1.54, 1.807) is 26.3 Å². The molecule has 0 aromatic heterocycles. The van der Waals surface area contributed by atoms with Crippen molar-refractivity contribution in [1.29, 1.82) is 0 Å². The first kappa shape index (κ1) is 20.2. The summed E-state index contributed by atoms with van der Waals surface area (Å²) in [5.74, 6) is 1.30. The van der Waals surface area contributed by atoms with Crippen molar-refractivity contribution in [3.8, 4) is 5.75 Å². The molecule has 2 N–H and O–H groups in total. The number of aliphatic imine (C=N–C) groups is 1. The van der Waals surface area contributed by atoms with Gasteiger partial charge in [-0.3, -0.25) is 4.99 Å². The van der Waals surface area contributed by atoms with Gasteiger partial charge in [0.1, 0.15) is 11.6 Å². The van der Waals surface area contributed by atoms with Crippen LogP contribution < -0.4 is 15.4 Å². The van der Waals surface area contributed by atoms with Crippen molar-refractivity contribution in [1.82, 2.24) is 10.6 Å². The molecule has 2 aromatic carbocycles. The zero-order valence-corrected chi connectivity index (χ0v) is 16.2. The van der Waals surface area contributed by atoms with Gasteiger partial charge in [0.15, 0.2) is 5.96 Å². The van der Waals surface area contributed by atoms with E-state index in [9.17, 15) is 4.39 Å². The number of hydrogen-bond donors (Lipinski definition) is 2. The minimum atomic E-state index is -0.218. The average molecular weight is 443 g/mol.